The van der Waals surface area contributed by atoms with Crippen molar-refractivity contribution in [3.63, 3.8) is 0 Å². The second kappa shape index (κ2) is 9.80. The van der Waals surface area contributed by atoms with Gasteiger partial charge in [0.2, 0.25) is 0 Å². The zero-order chi connectivity index (χ0) is 14.2. The predicted octanol–water partition coefficient (Wildman–Crippen LogP) is -0.958. The van der Waals surface area contributed by atoms with Crippen LogP contribution < -0.4 is 17.7 Å². The van der Waals surface area contributed by atoms with E-state index in [4.69, 9.17) is 0 Å². The van der Waals surface area contributed by atoms with Gasteiger partial charge < -0.3 is 22.8 Å². The summed E-state index contributed by atoms with van der Waals surface area (Å²) >= 11 is 0. The van der Waals surface area contributed by atoms with E-state index in [-0.39, 0.29) is 12.4 Å². The molecule has 0 heterocycles. The first kappa shape index (κ1) is 18.0. The number of phenols is 1. The van der Waals surface area contributed by atoms with Gasteiger partial charge in [0.15, 0.2) is 0 Å². The van der Waals surface area contributed by atoms with Crippen molar-refractivity contribution in [2.75, 3.05) is 13.1 Å². The van der Waals surface area contributed by atoms with E-state index in [9.17, 15) is 9.90 Å². The number of ketones is 1. The van der Waals surface area contributed by atoms with Crippen LogP contribution in [0.5, 0.6) is 5.75 Å². The lowest BCUT2D eigenvalue weighted by molar-refractivity contribution is -0.653. The molecule has 0 amide bonds. The maximum atomic E-state index is 12.0. The zero-order valence-electron chi connectivity index (χ0n) is 12.6. The molecule has 0 unspecified atom stereocenters. The van der Waals surface area contributed by atoms with Crippen LogP contribution in [0.25, 0.3) is 0 Å². The molecule has 0 spiro atoms. The van der Waals surface area contributed by atoms with Crippen molar-refractivity contribution < 1.29 is 27.6 Å². The SMILES string of the molecule is O=C(CC[NH2+]CCc1ccc(O)cc1)C1CCCCC1.[Cl-]. The number of aromatic hydroxyl groups is 1. The summed E-state index contributed by atoms with van der Waals surface area (Å²) in [5.74, 6) is 1.15. The molecule has 1 saturated carbocycles. The number of hydrogen-bond acceptors (Lipinski definition) is 2. The molecule has 1 fully saturated rings. The Balaban J connectivity index is 0.00000220. The summed E-state index contributed by atoms with van der Waals surface area (Å²) in [5.41, 5.74) is 1.23. The molecule has 4 heteroatoms. The second-order valence-corrected chi connectivity index (χ2v) is 5.83. The number of halogens is 1. The minimum absolute atomic E-state index is 0. The molecule has 1 aromatic rings. The van der Waals surface area contributed by atoms with Crippen LogP contribution in [0.1, 0.15) is 44.1 Å². The van der Waals surface area contributed by atoms with Crippen molar-refractivity contribution in [2.24, 2.45) is 5.92 Å². The third-order valence-electron chi connectivity index (χ3n) is 4.23. The Morgan fingerprint density at radius 1 is 1.10 bits per heavy atom. The quantitative estimate of drug-likeness (QED) is 0.638. The predicted molar refractivity (Wildman–Crippen MR) is 79.7 cm³/mol. The molecule has 1 aromatic carbocycles. The standard InChI is InChI=1S/C17H25NO2.ClH/c19-16-8-6-14(7-9-16)10-12-18-13-11-17(20)15-4-2-1-3-5-15;/h6-9,15,18-19H,1-5,10-13H2;1H. The molecule has 0 aromatic heterocycles. The number of phenolic OH excluding ortho intramolecular Hbond substituents is 1. The van der Waals surface area contributed by atoms with E-state index in [2.05, 4.69) is 5.32 Å². The lowest BCUT2D eigenvalue weighted by Gasteiger charge is -2.19. The fraction of sp³-hybridized carbons (Fsp3) is 0.588. The van der Waals surface area contributed by atoms with Crippen LogP contribution in [-0.2, 0) is 11.2 Å². The van der Waals surface area contributed by atoms with Gasteiger partial charge in [0.05, 0.1) is 19.5 Å². The van der Waals surface area contributed by atoms with Crippen LogP contribution in [0.4, 0.5) is 0 Å². The molecule has 0 radical (unpaired) electrons. The van der Waals surface area contributed by atoms with Gasteiger partial charge >= 0.3 is 0 Å². The van der Waals surface area contributed by atoms with Crippen molar-refractivity contribution in [1.29, 1.82) is 0 Å². The number of quaternary nitrogens is 1. The molecular formula is C17H26ClNO2. The van der Waals surface area contributed by atoms with Gasteiger partial charge in [-0.15, -0.1) is 0 Å². The van der Waals surface area contributed by atoms with E-state index in [1.54, 1.807) is 12.1 Å². The van der Waals surface area contributed by atoms with E-state index in [1.807, 2.05) is 12.1 Å². The number of Topliss-reactive ketones (excluding diaryl/α,β-unsaturated/α-hetero) is 1. The monoisotopic (exact) mass is 311 g/mol. The number of carbonyl (C=O) groups is 1. The molecular weight excluding hydrogens is 286 g/mol. The van der Waals surface area contributed by atoms with Crippen molar-refractivity contribution in [3.8, 4) is 5.75 Å². The topological polar surface area (TPSA) is 53.9 Å². The minimum Gasteiger partial charge on any atom is -1.00 e. The number of nitrogens with two attached hydrogens (primary N) is 1. The molecule has 0 atom stereocenters. The first-order valence-corrected chi connectivity index (χ1v) is 7.88. The molecule has 1 aliphatic carbocycles. The van der Waals surface area contributed by atoms with Crippen molar-refractivity contribution >= 4 is 5.78 Å². The number of carbonyl (C=O) groups excluding carboxylic acids is 1. The highest BCUT2D eigenvalue weighted by Crippen LogP contribution is 2.24. The van der Waals surface area contributed by atoms with Gasteiger partial charge in [0.1, 0.15) is 11.5 Å². The maximum absolute atomic E-state index is 12.0. The molecule has 3 N–H and O–H groups in total. The average Bonchev–Trinajstić information content (AvgIpc) is 2.49. The van der Waals surface area contributed by atoms with Gasteiger partial charge in [0.25, 0.3) is 0 Å². The van der Waals surface area contributed by atoms with Crippen molar-refractivity contribution in [3.05, 3.63) is 29.8 Å². The summed E-state index contributed by atoms with van der Waals surface area (Å²) in [5, 5.41) is 11.4. The van der Waals surface area contributed by atoms with Gasteiger partial charge in [-0.25, -0.2) is 0 Å². The van der Waals surface area contributed by atoms with Crippen molar-refractivity contribution in [2.45, 2.75) is 44.9 Å². The Hall–Kier alpha value is -1.06. The average molecular weight is 312 g/mol. The first-order chi connectivity index (χ1) is 9.75. The van der Waals surface area contributed by atoms with Crippen LogP contribution in [-0.4, -0.2) is 24.0 Å². The van der Waals surface area contributed by atoms with E-state index in [1.165, 1.54) is 24.8 Å². The second-order valence-electron chi connectivity index (χ2n) is 5.83. The molecule has 1 aliphatic rings. The molecule has 118 valence electrons. The van der Waals surface area contributed by atoms with Gasteiger partial charge in [0, 0.05) is 12.3 Å². The Morgan fingerprint density at radius 3 is 2.43 bits per heavy atom. The van der Waals surface area contributed by atoms with Gasteiger partial charge in [-0.1, -0.05) is 31.4 Å². The van der Waals surface area contributed by atoms with Crippen LogP contribution in [0, 0.1) is 5.92 Å². The summed E-state index contributed by atoms with van der Waals surface area (Å²) < 4.78 is 0. The Labute approximate surface area is 133 Å². The zero-order valence-corrected chi connectivity index (χ0v) is 13.3. The van der Waals surface area contributed by atoms with E-state index >= 15 is 0 Å². The van der Waals surface area contributed by atoms with E-state index < -0.39 is 0 Å². The summed E-state index contributed by atoms with van der Waals surface area (Å²) in [6.07, 6.45) is 7.72. The fourth-order valence-electron chi connectivity index (χ4n) is 2.95. The smallest absolute Gasteiger partial charge is 0.141 e. The molecule has 3 nitrogen and oxygen atoms in total. The van der Waals surface area contributed by atoms with Crippen LogP contribution in [0.2, 0.25) is 0 Å². The Kier molecular flexibility index (Phi) is 8.40. The minimum atomic E-state index is 0. The number of hydrogen-bond donors (Lipinski definition) is 2. The maximum Gasteiger partial charge on any atom is 0.141 e. The third-order valence-corrected chi connectivity index (χ3v) is 4.23. The molecule has 0 aliphatic heterocycles. The lowest BCUT2D eigenvalue weighted by Crippen LogP contribution is -3.00. The lowest BCUT2D eigenvalue weighted by atomic mass is 9.85. The van der Waals surface area contributed by atoms with Gasteiger partial charge in [-0.3, -0.25) is 4.79 Å². The third kappa shape index (κ3) is 6.49. The first-order valence-electron chi connectivity index (χ1n) is 7.88. The summed E-state index contributed by atoms with van der Waals surface area (Å²) in [4.78, 5) is 12.0. The van der Waals surface area contributed by atoms with Gasteiger partial charge in [-0.2, -0.15) is 0 Å². The largest absolute Gasteiger partial charge is 1.00 e. The normalized spacial score (nSPS) is 15.4. The summed E-state index contributed by atoms with van der Waals surface area (Å²) in [7, 11) is 0. The van der Waals surface area contributed by atoms with Gasteiger partial charge in [-0.05, 0) is 30.5 Å². The van der Waals surface area contributed by atoms with Crippen LogP contribution >= 0.6 is 0 Å². The van der Waals surface area contributed by atoms with Crippen molar-refractivity contribution in [1.82, 2.24) is 0 Å². The van der Waals surface area contributed by atoms with E-state index in [0.717, 1.165) is 38.8 Å². The Bertz CT molecular complexity index is 413. The molecule has 21 heavy (non-hydrogen) atoms. The molecule has 0 saturated heterocycles. The highest BCUT2D eigenvalue weighted by atomic mass is 35.5. The molecule has 2 rings (SSSR count). The van der Waals surface area contributed by atoms with Crippen LogP contribution in [0.3, 0.4) is 0 Å². The van der Waals surface area contributed by atoms with Crippen LogP contribution in [0.15, 0.2) is 24.3 Å². The summed E-state index contributed by atoms with van der Waals surface area (Å²) in [6, 6.07) is 7.36. The number of benzene rings is 1. The molecule has 0 bridgehead atoms. The highest BCUT2D eigenvalue weighted by Gasteiger charge is 2.20. The number of rotatable bonds is 7. The highest BCUT2D eigenvalue weighted by molar-refractivity contribution is 5.81. The summed E-state index contributed by atoms with van der Waals surface area (Å²) in [6.45, 7) is 1.91. The van der Waals surface area contributed by atoms with E-state index in [0.29, 0.717) is 17.5 Å². The fourth-order valence-corrected chi connectivity index (χ4v) is 2.95. The Morgan fingerprint density at radius 2 is 1.76 bits per heavy atom.